The van der Waals surface area contributed by atoms with E-state index in [9.17, 15) is 4.79 Å². The quantitative estimate of drug-likeness (QED) is 0.848. The first-order valence-electron chi connectivity index (χ1n) is 9.67. The van der Waals surface area contributed by atoms with Gasteiger partial charge < -0.3 is 19.9 Å². The molecule has 1 aromatic carbocycles. The number of benzene rings is 1. The van der Waals surface area contributed by atoms with E-state index < -0.39 is 0 Å². The van der Waals surface area contributed by atoms with Gasteiger partial charge in [-0.05, 0) is 37.1 Å². The lowest BCUT2D eigenvalue weighted by Gasteiger charge is -2.36. The number of piperazine rings is 1. The van der Waals surface area contributed by atoms with Crippen LogP contribution in [0.2, 0.25) is 5.02 Å². The van der Waals surface area contributed by atoms with Crippen molar-refractivity contribution in [2.75, 3.05) is 49.2 Å². The van der Waals surface area contributed by atoms with Crippen molar-refractivity contribution in [3.8, 4) is 0 Å². The average molecular weight is 402 g/mol. The van der Waals surface area contributed by atoms with Crippen molar-refractivity contribution in [2.45, 2.75) is 18.9 Å². The maximum Gasteiger partial charge on any atom is 0.272 e. The lowest BCUT2D eigenvalue weighted by atomic mass is 10.1. The molecule has 0 saturated carbocycles. The van der Waals surface area contributed by atoms with E-state index in [0.29, 0.717) is 18.9 Å². The summed E-state index contributed by atoms with van der Waals surface area (Å²) in [7, 11) is 0. The number of hydrogen-bond acceptors (Lipinski definition) is 6. The summed E-state index contributed by atoms with van der Waals surface area (Å²) in [4.78, 5) is 16.8. The molecule has 2 aromatic rings. The molecule has 7 nitrogen and oxygen atoms in total. The second kappa shape index (κ2) is 8.75. The van der Waals surface area contributed by atoms with Crippen LogP contribution in [0.3, 0.4) is 0 Å². The highest BCUT2D eigenvalue weighted by Crippen LogP contribution is 2.26. The standard InChI is InChI=1S/C20H24ClN5O2/c21-16-3-1-2-4-18(16)25-9-11-26(12-10-25)19-6-5-17(23-24-19)20(27)22-15-7-13-28-14-8-15/h1-6,15H,7-14H2,(H,22,27). The van der Waals surface area contributed by atoms with Crippen molar-refractivity contribution in [3.05, 3.63) is 47.1 Å². The normalized spacial score (nSPS) is 18.2. The Morgan fingerprint density at radius 3 is 2.39 bits per heavy atom. The molecule has 0 bridgehead atoms. The lowest BCUT2D eigenvalue weighted by molar-refractivity contribution is 0.0693. The molecule has 8 heteroatoms. The summed E-state index contributed by atoms with van der Waals surface area (Å²) in [6.07, 6.45) is 1.68. The summed E-state index contributed by atoms with van der Waals surface area (Å²) in [6, 6.07) is 11.7. The van der Waals surface area contributed by atoms with Crippen LogP contribution in [0.5, 0.6) is 0 Å². The number of nitrogens with one attached hydrogen (secondary N) is 1. The van der Waals surface area contributed by atoms with Gasteiger partial charge in [-0.1, -0.05) is 23.7 Å². The minimum absolute atomic E-state index is 0.153. The van der Waals surface area contributed by atoms with Gasteiger partial charge in [0.15, 0.2) is 11.5 Å². The zero-order valence-electron chi connectivity index (χ0n) is 15.7. The van der Waals surface area contributed by atoms with Crippen LogP contribution >= 0.6 is 11.6 Å². The minimum atomic E-state index is -0.172. The van der Waals surface area contributed by atoms with Gasteiger partial charge in [-0.3, -0.25) is 4.79 Å². The number of carbonyl (C=O) groups is 1. The van der Waals surface area contributed by atoms with E-state index in [2.05, 4.69) is 25.3 Å². The number of halogens is 1. The third-order valence-electron chi connectivity index (χ3n) is 5.24. The molecule has 1 amide bonds. The SMILES string of the molecule is O=C(NC1CCOCC1)c1ccc(N2CCN(c3ccccc3Cl)CC2)nn1. The van der Waals surface area contributed by atoms with E-state index in [0.717, 1.165) is 55.5 Å². The van der Waals surface area contributed by atoms with Gasteiger partial charge in [-0.25, -0.2) is 0 Å². The number of aromatic nitrogens is 2. The topological polar surface area (TPSA) is 70.6 Å². The van der Waals surface area contributed by atoms with Crippen LogP contribution in [-0.2, 0) is 4.74 Å². The van der Waals surface area contributed by atoms with Crippen molar-refractivity contribution >= 4 is 29.0 Å². The number of nitrogens with zero attached hydrogens (tertiary/aromatic N) is 4. The van der Waals surface area contributed by atoms with Crippen molar-refractivity contribution in [1.82, 2.24) is 15.5 Å². The Hall–Kier alpha value is -2.38. The molecule has 0 radical (unpaired) electrons. The highest BCUT2D eigenvalue weighted by molar-refractivity contribution is 6.33. The van der Waals surface area contributed by atoms with Gasteiger partial charge >= 0.3 is 0 Å². The van der Waals surface area contributed by atoms with Gasteiger partial charge in [0.2, 0.25) is 0 Å². The number of amides is 1. The van der Waals surface area contributed by atoms with Crippen LogP contribution in [0, 0.1) is 0 Å². The fourth-order valence-corrected chi connectivity index (χ4v) is 3.86. The predicted octanol–water partition coefficient (Wildman–Crippen LogP) is 2.37. The van der Waals surface area contributed by atoms with E-state index in [-0.39, 0.29) is 11.9 Å². The van der Waals surface area contributed by atoms with E-state index in [1.807, 2.05) is 30.3 Å². The molecular weight excluding hydrogens is 378 g/mol. The van der Waals surface area contributed by atoms with Gasteiger partial charge in [-0.2, -0.15) is 0 Å². The maximum absolute atomic E-state index is 12.3. The highest BCUT2D eigenvalue weighted by atomic mass is 35.5. The number of para-hydroxylation sites is 1. The van der Waals surface area contributed by atoms with Crippen molar-refractivity contribution in [3.63, 3.8) is 0 Å². The van der Waals surface area contributed by atoms with E-state index in [1.54, 1.807) is 6.07 Å². The second-order valence-electron chi connectivity index (χ2n) is 7.06. The molecule has 2 saturated heterocycles. The molecule has 148 valence electrons. The van der Waals surface area contributed by atoms with Gasteiger partial charge in [0.05, 0.1) is 10.7 Å². The van der Waals surface area contributed by atoms with Crippen LogP contribution in [-0.4, -0.2) is 61.5 Å². The zero-order chi connectivity index (χ0) is 19.3. The molecule has 0 aliphatic carbocycles. The molecule has 1 N–H and O–H groups in total. The molecule has 0 spiro atoms. The fraction of sp³-hybridized carbons (Fsp3) is 0.450. The Morgan fingerprint density at radius 1 is 1.00 bits per heavy atom. The van der Waals surface area contributed by atoms with E-state index in [1.165, 1.54) is 0 Å². The molecule has 2 aliphatic heterocycles. The number of anilines is 2. The van der Waals surface area contributed by atoms with E-state index >= 15 is 0 Å². The summed E-state index contributed by atoms with van der Waals surface area (Å²) in [5, 5.41) is 12.2. The average Bonchev–Trinajstić information content (AvgIpc) is 2.75. The molecule has 2 fully saturated rings. The Morgan fingerprint density at radius 2 is 1.71 bits per heavy atom. The van der Waals surface area contributed by atoms with Crippen molar-refractivity contribution in [2.24, 2.45) is 0 Å². The first-order valence-corrected chi connectivity index (χ1v) is 10.1. The van der Waals surface area contributed by atoms with Gasteiger partial charge in [0.25, 0.3) is 5.91 Å². The molecule has 3 heterocycles. The van der Waals surface area contributed by atoms with Crippen molar-refractivity contribution < 1.29 is 9.53 Å². The van der Waals surface area contributed by atoms with Crippen LogP contribution in [0.4, 0.5) is 11.5 Å². The summed E-state index contributed by atoms with van der Waals surface area (Å²) in [5.74, 6) is 0.621. The minimum Gasteiger partial charge on any atom is -0.381 e. The Kier molecular flexibility index (Phi) is 5.92. The first-order chi connectivity index (χ1) is 13.7. The zero-order valence-corrected chi connectivity index (χ0v) is 16.4. The molecule has 1 aromatic heterocycles. The third kappa shape index (κ3) is 4.36. The Balaban J connectivity index is 1.33. The number of carbonyl (C=O) groups excluding carboxylic acids is 1. The predicted molar refractivity (Wildman–Crippen MR) is 109 cm³/mol. The summed E-state index contributed by atoms with van der Waals surface area (Å²) >= 11 is 6.31. The Bertz CT molecular complexity index is 802. The molecular formula is C20H24ClN5O2. The van der Waals surface area contributed by atoms with E-state index in [4.69, 9.17) is 16.3 Å². The number of rotatable bonds is 4. The largest absolute Gasteiger partial charge is 0.381 e. The van der Waals surface area contributed by atoms with Crippen LogP contribution < -0.4 is 15.1 Å². The highest BCUT2D eigenvalue weighted by Gasteiger charge is 2.21. The van der Waals surface area contributed by atoms with Crippen LogP contribution in [0.25, 0.3) is 0 Å². The second-order valence-corrected chi connectivity index (χ2v) is 7.47. The summed E-state index contributed by atoms with van der Waals surface area (Å²) in [5.41, 5.74) is 1.42. The maximum atomic E-state index is 12.3. The smallest absolute Gasteiger partial charge is 0.272 e. The van der Waals surface area contributed by atoms with Crippen LogP contribution in [0.15, 0.2) is 36.4 Å². The lowest BCUT2D eigenvalue weighted by Crippen LogP contribution is -2.47. The molecule has 28 heavy (non-hydrogen) atoms. The monoisotopic (exact) mass is 401 g/mol. The van der Waals surface area contributed by atoms with Crippen molar-refractivity contribution in [1.29, 1.82) is 0 Å². The number of hydrogen-bond donors (Lipinski definition) is 1. The van der Waals surface area contributed by atoms with Crippen LogP contribution in [0.1, 0.15) is 23.3 Å². The summed E-state index contributed by atoms with van der Waals surface area (Å²) < 4.78 is 5.32. The van der Waals surface area contributed by atoms with Gasteiger partial charge in [0.1, 0.15) is 0 Å². The summed E-state index contributed by atoms with van der Waals surface area (Å²) in [6.45, 7) is 4.75. The fourth-order valence-electron chi connectivity index (χ4n) is 3.60. The first kappa shape index (κ1) is 19.0. The Labute approximate surface area is 169 Å². The molecule has 0 unspecified atom stereocenters. The molecule has 4 rings (SSSR count). The third-order valence-corrected chi connectivity index (χ3v) is 5.56. The molecule has 0 atom stereocenters. The number of ether oxygens (including phenoxy) is 1. The molecule has 2 aliphatic rings. The van der Waals surface area contributed by atoms with Gasteiger partial charge in [0, 0.05) is 45.4 Å². The van der Waals surface area contributed by atoms with Gasteiger partial charge in [-0.15, -0.1) is 10.2 Å².